The van der Waals surface area contributed by atoms with Crippen LogP contribution < -0.4 is 19.5 Å². The Labute approximate surface area is 192 Å². The van der Waals surface area contributed by atoms with Crippen molar-refractivity contribution in [1.82, 2.24) is 0 Å². The fourth-order valence-corrected chi connectivity index (χ4v) is 4.38. The number of rotatable bonds is 8. The molecule has 1 amide bonds. The van der Waals surface area contributed by atoms with E-state index in [0.717, 1.165) is 0 Å². The third-order valence-electron chi connectivity index (χ3n) is 4.74. The van der Waals surface area contributed by atoms with Gasteiger partial charge in [-0.15, -0.1) is 0 Å². The van der Waals surface area contributed by atoms with E-state index in [0.29, 0.717) is 34.0 Å². The van der Waals surface area contributed by atoms with Gasteiger partial charge >= 0.3 is 0 Å². The zero-order valence-corrected chi connectivity index (χ0v) is 19.1. The number of para-hydroxylation sites is 2. The van der Waals surface area contributed by atoms with Crippen molar-refractivity contribution in [3.63, 3.8) is 0 Å². The Hall–Kier alpha value is -4.03. The van der Waals surface area contributed by atoms with Gasteiger partial charge in [0, 0.05) is 5.69 Å². The van der Waals surface area contributed by atoms with E-state index in [1.165, 1.54) is 19.2 Å². The van der Waals surface area contributed by atoms with Crippen LogP contribution in [-0.2, 0) is 14.8 Å². The van der Waals surface area contributed by atoms with Gasteiger partial charge in [0.05, 0.1) is 29.3 Å². The first-order valence-electron chi connectivity index (χ1n) is 9.97. The first kappa shape index (κ1) is 23.6. The van der Waals surface area contributed by atoms with E-state index in [4.69, 9.17) is 14.7 Å². The van der Waals surface area contributed by atoms with Crippen molar-refractivity contribution in [3.05, 3.63) is 77.9 Å². The van der Waals surface area contributed by atoms with Gasteiger partial charge in [0.1, 0.15) is 11.5 Å². The number of nitriles is 1. The molecule has 0 bridgehead atoms. The van der Waals surface area contributed by atoms with Crippen molar-refractivity contribution in [2.24, 2.45) is 0 Å². The summed E-state index contributed by atoms with van der Waals surface area (Å²) in [7, 11) is -2.50. The van der Waals surface area contributed by atoms with Gasteiger partial charge in [-0.05, 0) is 61.9 Å². The van der Waals surface area contributed by atoms with Gasteiger partial charge in [-0.1, -0.05) is 24.3 Å². The largest absolute Gasteiger partial charge is 0.495 e. The molecule has 1 atom stereocenters. The zero-order chi connectivity index (χ0) is 24.0. The van der Waals surface area contributed by atoms with Crippen LogP contribution in [0.1, 0.15) is 18.1 Å². The lowest BCUT2D eigenvalue weighted by Crippen LogP contribution is -2.30. The first-order chi connectivity index (χ1) is 15.7. The highest BCUT2D eigenvalue weighted by atomic mass is 32.2. The van der Waals surface area contributed by atoms with Crippen molar-refractivity contribution in [3.8, 4) is 17.6 Å². The van der Waals surface area contributed by atoms with Gasteiger partial charge in [-0.2, -0.15) is 5.26 Å². The van der Waals surface area contributed by atoms with E-state index in [2.05, 4.69) is 10.0 Å². The van der Waals surface area contributed by atoms with Gasteiger partial charge in [0.25, 0.3) is 15.9 Å². The highest BCUT2D eigenvalue weighted by Gasteiger charge is 2.21. The fourth-order valence-electron chi connectivity index (χ4n) is 3.04. The molecule has 0 radical (unpaired) electrons. The van der Waals surface area contributed by atoms with Crippen LogP contribution in [0, 0.1) is 18.3 Å². The van der Waals surface area contributed by atoms with Crippen LogP contribution in [0.15, 0.2) is 71.6 Å². The number of nitrogens with one attached hydrogen (secondary N) is 2. The SMILES string of the molecule is COc1ccccc1NS(=O)(=O)c1cc(NC(=O)C(C)Oc2cccc(C#N)c2)ccc1C. The number of nitrogens with zero attached hydrogens (tertiary/aromatic N) is 1. The number of hydrogen-bond acceptors (Lipinski definition) is 6. The quantitative estimate of drug-likeness (QED) is 0.518. The minimum Gasteiger partial charge on any atom is -0.495 e. The number of anilines is 2. The summed E-state index contributed by atoms with van der Waals surface area (Å²) in [6, 6.07) is 19.7. The minimum atomic E-state index is -3.95. The normalized spacial score (nSPS) is 11.7. The summed E-state index contributed by atoms with van der Waals surface area (Å²) in [4.78, 5) is 12.6. The first-order valence-corrected chi connectivity index (χ1v) is 11.5. The monoisotopic (exact) mass is 465 g/mol. The number of sulfonamides is 1. The van der Waals surface area contributed by atoms with Gasteiger partial charge in [0.2, 0.25) is 0 Å². The third-order valence-corrected chi connectivity index (χ3v) is 6.25. The van der Waals surface area contributed by atoms with Crippen LogP contribution in [0.3, 0.4) is 0 Å². The average molecular weight is 466 g/mol. The van der Waals surface area contributed by atoms with Crippen molar-refractivity contribution < 1.29 is 22.7 Å². The van der Waals surface area contributed by atoms with Gasteiger partial charge < -0.3 is 14.8 Å². The second-order valence-electron chi connectivity index (χ2n) is 7.18. The van der Waals surface area contributed by atoms with Crippen LogP contribution in [0.2, 0.25) is 0 Å². The Morgan fingerprint density at radius 2 is 1.82 bits per heavy atom. The summed E-state index contributed by atoms with van der Waals surface area (Å²) < 4.78 is 39.4. The van der Waals surface area contributed by atoms with Gasteiger partial charge in [-0.3, -0.25) is 9.52 Å². The van der Waals surface area contributed by atoms with E-state index >= 15 is 0 Å². The third kappa shape index (κ3) is 5.81. The molecule has 0 aromatic heterocycles. The molecule has 0 spiro atoms. The van der Waals surface area contributed by atoms with Crippen LogP contribution in [-0.4, -0.2) is 27.5 Å². The molecule has 0 fully saturated rings. The summed E-state index contributed by atoms with van der Waals surface area (Å²) in [6.07, 6.45) is -0.882. The van der Waals surface area contributed by atoms with Gasteiger partial charge in [0.15, 0.2) is 6.10 Å². The van der Waals surface area contributed by atoms with E-state index in [-0.39, 0.29) is 4.90 Å². The van der Waals surface area contributed by atoms with Crippen molar-refractivity contribution in [1.29, 1.82) is 5.26 Å². The lowest BCUT2D eigenvalue weighted by atomic mass is 10.2. The number of hydrogen-bond donors (Lipinski definition) is 2. The van der Waals surface area contributed by atoms with Crippen LogP contribution in [0.4, 0.5) is 11.4 Å². The van der Waals surface area contributed by atoms with Crippen LogP contribution in [0.5, 0.6) is 11.5 Å². The van der Waals surface area contributed by atoms with Crippen LogP contribution in [0.25, 0.3) is 0 Å². The molecule has 0 saturated heterocycles. The topological polar surface area (TPSA) is 118 Å². The molecule has 170 valence electrons. The predicted octanol–water partition coefficient (Wildman–Crippen LogP) is 4.08. The zero-order valence-electron chi connectivity index (χ0n) is 18.3. The lowest BCUT2D eigenvalue weighted by molar-refractivity contribution is -0.122. The number of carbonyl (C=O) groups excluding carboxylic acids is 1. The minimum absolute atomic E-state index is 0.0153. The van der Waals surface area contributed by atoms with Crippen molar-refractivity contribution >= 4 is 27.3 Å². The Bertz CT molecular complexity index is 1320. The standard InChI is InChI=1S/C24H23N3O5S/c1-16-11-12-19(26-24(28)17(2)32-20-8-6-7-18(13-20)15-25)14-23(16)33(29,30)27-21-9-4-5-10-22(21)31-3/h4-14,17,27H,1-3H3,(H,26,28). The molecule has 3 aromatic rings. The fraction of sp³-hybridized carbons (Fsp3) is 0.167. The highest BCUT2D eigenvalue weighted by molar-refractivity contribution is 7.92. The molecule has 0 heterocycles. The molecule has 0 aliphatic heterocycles. The second kappa shape index (κ2) is 10.1. The number of methoxy groups -OCH3 is 1. The summed E-state index contributed by atoms with van der Waals surface area (Å²) in [5, 5.41) is 11.7. The Balaban J connectivity index is 1.77. The molecular weight excluding hydrogens is 442 g/mol. The molecule has 0 aliphatic carbocycles. The van der Waals surface area contributed by atoms with Crippen molar-refractivity contribution in [2.75, 3.05) is 17.1 Å². The Kier molecular flexibility index (Phi) is 7.20. The molecule has 8 nitrogen and oxygen atoms in total. The molecule has 9 heteroatoms. The molecule has 0 saturated carbocycles. The second-order valence-corrected chi connectivity index (χ2v) is 8.83. The number of benzene rings is 3. The molecule has 33 heavy (non-hydrogen) atoms. The molecular formula is C24H23N3O5S. The predicted molar refractivity (Wildman–Crippen MR) is 125 cm³/mol. The van der Waals surface area contributed by atoms with E-state index in [1.54, 1.807) is 68.4 Å². The summed E-state index contributed by atoms with van der Waals surface area (Å²) in [5.74, 6) is 0.293. The Morgan fingerprint density at radius 1 is 1.06 bits per heavy atom. The summed E-state index contributed by atoms with van der Waals surface area (Å²) in [6.45, 7) is 3.22. The maximum Gasteiger partial charge on any atom is 0.265 e. The average Bonchev–Trinajstić information content (AvgIpc) is 2.80. The van der Waals surface area contributed by atoms with E-state index in [1.807, 2.05) is 6.07 Å². The van der Waals surface area contributed by atoms with Gasteiger partial charge in [-0.25, -0.2) is 8.42 Å². The number of aryl methyl sites for hydroxylation is 1. The van der Waals surface area contributed by atoms with Crippen molar-refractivity contribution in [2.45, 2.75) is 24.8 Å². The summed E-state index contributed by atoms with van der Waals surface area (Å²) >= 11 is 0. The number of ether oxygens (including phenoxy) is 2. The molecule has 2 N–H and O–H groups in total. The Morgan fingerprint density at radius 3 is 2.55 bits per heavy atom. The summed E-state index contributed by atoms with van der Waals surface area (Å²) in [5.41, 5.74) is 1.52. The molecule has 3 aromatic carbocycles. The van der Waals surface area contributed by atoms with E-state index < -0.39 is 22.0 Å². The highest BCUT2D eigenvalue weighted by Crippen LogP contribution is 2.28. The van der Waals surface area contributed by atoms with Crippen LogP contribution >= 0.6 is 0 Å². The molecule has 3 rings (SSSR count). The molecule has 0 aliphatic rings. The lowest BCUT2D eigenvalue weighted by Gasteiger charge is -2.17. The van der Waals surface area contributed by atoms with E-state index in [9.17, 15) is 13.2 Å². The smallest absolute Gasteiger partial charge is 0.265 e. The number of amides is 1. The maximum absolute atomic E-state index is 13.0. The maximum atomic E-state index is 13.0. The molecule has 1 unspecified atom stereocenters. The number of carbonyl (C=O) groups is 1.